The van der Waals surface area contributed by atoms with Crippen molar-refractivity contribution in [3.63, 3.8) is 0 Å². The molecule has 0 nitrogen and oxygen atoms in total. The van der Waals surface area contributed by atoms with Crippen LogP contribution in [0.5, 0.6) is 0 Å². The Labute approximate surface area is 51.1 Å². The molecule has 0 aromatic carbocycles. The molecule has 0 fully saturated rings. The van der Waals surface area contributed by atoms with Gasteiger partial charge in [-0.25, -0.2) is 0 Å². The van der Waals surface area contributed by atoms with Crippen LogP contribution in [0.4, 0.5) is 0 Å². The maximum absolute atomic E-state index is 3.27. The van der Waals surface area contributed by atoms with Crippen LogP contribution in [0.25, 0.3) is 0 Å². The van der Waals surface area contributed by atoms with E-state index in [1.54, 1.807) is 0 Å². The predicted molar refractivity (Wildman–Crippen MR) is 29.9 cm³/mol. The Morgan fingerprint density at radius 3 is 2.83 bits per heavy atom. The first-order valence-corrected chi connectivity index (χ1v) is 4.14. The molecule has 2 heteroatoms. The zero-order valence-electron chi connectivity index (χ0n) is 2.94. The second kappa shape index (κ2) is 1.97. The van der Waals surface area contributed by atoms with Crippen molar-refractivity contribution in [2.45, 2.75) is 0 Å². The Kier molecular flexibility index (Phi) is 1.52. The average molecular weight is 209 g/mol. The molecule has 0 N–H and O–H groups in total. The van der Waals surface area contributed by atoms with Gasteiger partial charge in [0.15, 0.2) is 0 Å². The summed E-state index contributed by atoms with van der Waals surface area (Å²) in [6.07, 6.45) is 0. The van der Waals surface area contributed by atoms with E-state index in [2.05, 4.69) is 25.8 Å². The van der Waals surface area contributed by atoms with Crippen LogP contribution in [-0.2, 0) is 0 Å². The predicted octanol–water partition coefficient (Wildman–Crippen LogP) is 1.31. The van der Waals surface area contributed by atoms with Crippen LogP contribution in [0.2, 0.25) is 0 Å². The van der Waals surface area contributed by atoms with Gasteiger partial charge in [0.25, 0.3) is 0 Å². The average Bonchev–Trinajstić information content (AvgIpc) is 1.86. The van der Waals surface area contributed by atoms with E-state index in [1.165, 1.54) is 0 Å². The molecule has 31 valence electrons. The van der Waals surface area contributed by atoms with Crippen molar-refractivity contribution < 1.29 is 0 Å². The second-order valence-electron chi connectivity index (χ2n) is 0.871. The molecule has 0 unspecified atom stereocenters. The molecule has 0 bridgehead atoms. The SMILES string of the molecule is Brc1[c][se]cc1. The van der Waals surface area contributed by atoms with E-state index in [0.29, 0.717) is 14.5 Å². The Morgan fingerprint density at radius 1 is 1.83 bits per heavy atom. The van der Waals surface area contributed by atoms with Crippen molar-refractivity contribution >= 4 is 30.4 Å². The molecule has 1 aromatic rings. The summed E-state index contributed by atoms with van der Waals surface area (Å²) in [4.78, 5) is 5.23. The fourth-order valence-electron chi connectivity index (χ4n) is 0.218. The molecule has 0 aliphatic carbocycles. The van der Waals surface area contributed by atoms with Gasteiger partial charge in [0.05, 0.1) is 0 Å². The minimum absolute atomic E-state index is 0.527. The van der Waals surface area contributed by atoms with E-state index in [9.17, 15) is 0 Å². The molecule has 1 rings (SSSR count). The van der Waals surface area contributed by atoms with Crippen LogP contribution in [0.3, 0.4) is 0 Å². The summed E-state index contributed by atoms with van der Waals surface area (Å²) in [5.74, 6) is 0. The van der Waals surface area contributed by atoms with Crippen LogP contribution in [0.15, 0.2) is 15.5 Å². The summed E-state index contributed by atoms with van der Waals surface area (Å²) in [5, 5.41) is 0. The van der Waals surface area contributed by atoms with Crippen LogP contribution in [-0.4, -0.2) is 14.5 Å². The van der Waals surface area contributed by atoms with Crippen molar-refractivity contribution in [2.24, 2.45) is 0 Å². The summed E-state index contributed by atoms with van der Waals surface area (Å²) in [6.45, 7) is 0. The van der Waals surface area contributed by atoms with Gasteiger partial charge in [0.2, 0.25) is 0 Å². The van der Waals surface area contributed by atoms with Crippen molar-refractivity contribution in [3.05, 3.63) is 20.4 Å². The molecule has 0 amide bonds. The molecule has 0 saturated carbocycles. The van der Waals surface area contributed by atoms with Gasteiger partial charge in [-0.1, -0.05) is 0 Å². The molecule has 0 spiro atoms. The van der Waals surface area contributed by atoms with Crippen LogP contribution >= 0.6 is 15.9 Å². The van der Waals surface area contributed by atoms with Gasteiger partial charge < -0.3 is 0 Å². The zero-order chi connectivity index (χ0) is 4.41. The van der Waals surface area contributed by atoms with E-state index >= 15 is 0 Å². The summed E-state index contributed by atoms with van der Waals surface area (Å²) in [6, 6.07) is 2.03. The number of hydrogen-bond acceptors (Lipinski definition) is 0. The number of halogens is 1. The third-order valence-electron chi connectivity index (χ3n) is 0.439. The molecule has 0 aliphatic rings. The quantitative estimate of drug-likeness (QED) is 0.565. The van der Waals surface area contributed by atoms with Gasteiger partial charge in [-0.05, 0) is 0 Å². The maximum atomic E-state index is 3.27. The fraction of sp³-hybridized carbons (Fsp3) is 0. The van der Waals surface area contributed by atoms with Gasteiger partial charge in [0.1, 0.15) is 0 Å². The topological polar surface area (TPSA) is 0 Å². The first-order chi connectivity index (χ1) is 2.89. The third-order valence-corrected chi connectivity index (χ3v) is 2.77. The number of rotatable bonds is 0. The van der Waals surface area contributed by atoms with Crippen LogP contribution < -0.4 is 0 Å². The Morgan fingerprint density at radius 2 is 2.67 bits per heavy atom. The number of hydrogen-bond donors (Lipinski definition) is 0. The molecular formula is C4H2BrSe. The van der Waals surface area contributed by atoms with Gasteiger partial charge in [0, 0.05) is 0 Å². The van der Waals surface area contributed by atoms with Gasteiger partial charge >= 0.3 is 50.9 Å². The fourth-order valence-corrected chi connectivity index (χ4v) is 2.18. The molecule has 6 heavy (non-hydrogen) atoms. The molecule has 0 aliphatic heterocycles. The monoisotopic (exact) mass is 209 g/mol. The van der Waals surface area contributed by atoms with E-state index in [-0.39, 0.29) is 0 Å². The standard InChI is InChI=1S/C4H2BrSe/c5-4-1-2-6-3-4/h1-2H. The minimum atomic E-state index is 0.527. The summed E-state index contributed by atoms with van der Waals surface area (Å²) >= 11 is 3.80. The Hall–Kier alpha value is 0.479. The van der Waals surface area contributed by atoms with Crippen molar-refractivity contribution in [1.29, 1.82) is 0 Å². The van der Waals surface area contributed by atoms with Gasteiger partial charge in [-0.15, -0.1) is 0 Å². The van der Waals surface area contributed by atoms with Crippen molar-refractivity contribution in [3.8, 4) is 0 Å². The van der Waals surface area contributed by atoms with Gasteiger partial charge in [-0.3, -0.25) is 0 Å². The van der Waals surface area contributed by atoms with E-state index < -0.39 is 0 Å². The van der Waals surface area contributed by atoms with E-state index in [4.69, 9.17) is 0 Å². The van der Waals surface area contributed by atoms with Crippen molar-refractivity contribution in [2.75, 3.05) is 0 Å². The molecule has 1 aromatic heterocycles. The normalized spacial score (nSPS) is 8.83. The first kappa shape index (κ1) is 4.63. The van der Waals surface area contributed by atoms with Crippen LogP contribution in [0.1, 0.15) is 0 Å². The zero-order valence-corrected chi connectivity index (χ0v) is 6.24. The third kappa shape index (κ3) is 0.969. The van der Waals surface area contributed by atoms with E-state index in [1.807, 2.05) is 6.07 Å². The van der Waals surface area contributed by atoms with Crippen molar-refractivity contribution in [1.82, 2.24) is 0 Å². The molecule has 1 heterocycles. The first-order valence-electron chi connectivity index (χ1n) is 1.50. The summed E-state index contributed by atoms with van der Waals surface area (Å²) in [7, 11) is 0. The summed E-state index contributed by atoms with van der Waals surface area (Å²) in [5.41, 5.74) is 0. The molecule has 1 radical (unpaired) electrons. The van der Waals surface area contributed by atoms with Crippen LogP contribution in [0, 0.1) is 4.94 Å². The Balaban J connectivity index is 3.05. The molecule has 0 saturated heterocycles. The molecular weight excluding hydrogens is 207 g/mol. The summed E-state index contributed by atoms with van der Waals surface area (Å²) < 4.78 is 1.11. The van der Waals surface area contributed by atoms with E-state index in [0.717, 1.165) is 4.47 Å². The molecule has 0 atom stereocenters. The Bertz CT molecular complexity index is 111. The van der Waals surface area contributed by atoms with Gasteiger partial charge in [-0.2, -0.15) is 0 Å². The second-order valence-corrected chi connectivity index (χ2v) is 3.22.